The highest BCUT2D eigenvalue weighted by molar-refractivity contribution is 5.85. The molecule has 2 aromatic rings. The Kier molecular flexibility index (Phi) is 9.80. The molecule has 0 saturated carbocycles. The molecule has 1 aromatic carbocycles. The maximum absolute atomic E-state index is 11.8. The Hall–Kier alpha value is -1.85. The predicted octanol–water partition coefficient (Wildman–Crippen LogP) is 2.88. The number of nitrogens with zero attached hydrogens (tertiary/aromatic N) is 2. The summed E-state index contributed by atoms with van der Waals surface area (Å²) >= 11 is 0. The number of aromatic nitrogens is 2. The highest BCUT2D eigenvalue weighted by Crippen LogP contribution is 2.07. The number of nitrogens with one attached hydrogen (secondary N) is 1. The molecule has 0 bridgehead atoms. The average molecular weight is 351 g/mol. The van der Waals surface area contributed by atoms with Gasteiger partial charge >= 0.3 is 0 Å². The fourth-order valence-corrected chi connectivity index (χ4v) is 2.42. The zero-order chi connectivity index (χ0) is 16.3. The monoisotopic (exact) mass is 350 g/mol. The molecular formula is C18H27ClN4O. The summed E-state index contributed by atoms with van der Waals surface area (Å²) in [6, 6.07) is 10.2. The van der Waals surface area contributed by atoms with E-state index in [-0.39, 0.29) is 18.3 Å². The molecule has 1 aromatic heterocycles. The van der Waals surface area contributed by atoms with Crippen LogP contribution in [0.2, 0.25) is 0 Å². The Morgan fingerprint density at radius 2 is 1.79 bits per heavy atom. The van der Waals surface area contributed by atoms with Crippen LogP contribution in [-0.4, -0.2) is 22.2 Å². The zero-order valence-electron chi connectivity index (χ0n) is 14.0. The number of halogens is 1. The van der Waals surface area contributed by atoms with E-state index in [9.17, 15) is 4.79 Å². The second-order valence-corrected chi connectivity index (χ2v) is 5.75. The molecule has 132 valence electrons. The second kappa shape index (κ2) is 11.6. The molecule has 0 atom stereocenters. The minimum Gasteiger partial charge on any atom is -0.352 e. The van der Waals surface area contributed by atoms with Gasteiger partial charge in [0.1, 0.15) is 0 Å². The number of benzene rings is 1. The first-order chi connectivity index (χ1) is 11.3. The van der Waals surface area contributed by atoms with E-state index >= 15 is 0 Å². The summed E-state index contributed by atoms with van der Waals surface area (Å²) in [5.74, 6) is 0.123. The van der Waals surface area contributed by atoms with Crippen molar-refractivity contribution in [3.8, 4) is 0 Å². The molecular weight excluding hydrogens is 324 g/mol. The Bertz CT molecular complexity index is 569. The van der Waals surface area contributed by atoms with Crippen molar-refractivity contribution in [2.24, 2.45) is 5.73 Å². The van der Waals surface area contributed by atoms with E-state index in [4.69, 9.17) is 5.73 Å². The van der Waals surface area contributed by atoms with E-state index < -0.39 is 0 Å². The minimum absolute atomic E-state index is 0. The normalized spacial score (nSPS) is 10.2. The molecule has 0 aliphatic heterocycles. The van der Waals surface area contributed by atoms with E-state index in [2.05, 4.69) is 34.7 Å². The number of nitrogens with two attached hydrogens (primary N) is 1. The Labute approximate surface area is 150 Å². The smallest absolute Gasteiger partial charge is 0.220 e. The van der Waals surface area contributed by atoms with Crippen LogP contribution < -0.4 is 11.1 Å². The van der Waals surface area contributed by atoms with Gasteiger partial charge in [0, 0.05) is 25.4 Å². The van der Waals surface area contributed by atoms with Crippen LogP contribution in [0.3, 0.4) is 0 Å². The number of carbonyl (C=O) groups is 1. The van der Waals surface area contributed by atoms with Crippen molar-refractivity contribution in [1.29, 1.82) is 0 Å². The largest absolute Gasteiger partial charge is 0.352 e. The van der Waals surface area contributed by atoms with Gasteiger partial charge in [-0.1, -0.05) is 37.1 Å². The first-order valence-electron chi connectivity index (χ1n) is 8.30. The summed E-state index contributed by atoms with van der Waals surface area (Å²) in [5, 5.41) is 7.17. The van der Waals surface area contributed by atoms with Crippen LogP contribution in [0, 0.1) is 0 Å². The molecule has 2 rings (SSSR count). The van der Waals surface area contributed by atoms with Gasteiger partial charge in [-0.15, -0.1) is 12.4 Å². The fourth-order valence-electron chi connectivity index (χ4n) is 2.42. The summed E-state index contributed by atoms with van der Waals surface area (Å²) in [7, 11) is 0. The highest BCUT2D eigenvalue weighted by atomic mass is 35.5. The molecule has 3 N–H and O–H groups in total. The van der Waals surface area contributed by atoms with Gasteiger partial charge in [-0.25, -0.2) is 0 Å². The number of rotatable bonds is 10. The summed E-state index contributed by atoms with van der Waals surface area (Å²) in [6.07, 6.45) is 8.50. The van der Waals surface area contributed by atoms with Gasteiger partial charge in [0.05, 0.1) is 6.54 Å². The summed E-state index contributed by atoms with van der Waals surface area (Å²) in [4.78, 5) is 11.8. The molecule has 0 radical (unpaired) electrons. The molecule has 0 fully saturated rings. The van der Waals surface area contributed by atoms with Crippen LogP contribution >= 0.6 is 12.4 Å². The number of hydrogen-bond donors (Lipinski definition) is 2. The second-order valence-electron chi connectivity index (χ2n) is 5.75. The van der Waals surface area contributed by atoms with Crippen LogP contribution in [0.5, 0.6) is 0 Å². The molecule has 1 amide bonds. The predicted molar refractivity (Wildman–Crippen MR) is 99.0 cm³/mol. The zero-order valence-corrected chi connectivity index (χ0v) is 14.8. The van der Waals surface area contributed by atoms with E-state index in [1.54, 1.807) is 6.20 Å². The topological polar surface area (TPSA) is 72.9 Å². The number of hydrogen-bond acceptors (Lipinski definition) is 3. The standard InChI is InChI=1S/C18H26N4O.ClH/c19-11-4-2-1-3-6-18(23)20-14-16-7-9-17(10-8-16)15-22-13-5-12-21-22;/h5,7-10,12-13H,1-4,6,11,14-15,19H2,(H,20,23);1H. The molecule has 24 heavy (non-hydrogen) atoms. The third-order valence-electron chi connectivity index (χ3n) is 3.77. The van der Waals surface area contributed by atoms with Gasteiger partial charge in [0.25, 0.3) is 0 Å². The number of unbranched alkanes of at least 4 members (excludes halogenated alkanes) is 3. The summed E-state index contributed by atoms with van der Waals surface area (Å²) in [5.41, 5.74) is 7.76. The van der Waals surface area contributed by atoms with Crippen LogP contribution in [-0.2, 0) is 17.9 Å². The lowest BCUT2D eigenvalue weighted by Gasteiger charge is -2.07. The van der Waals surface area contributed by atoms with Gasteiger partial charge in [-0.3, -0.25) is 9.48 Å². The number of amides is 1. The fraction of sp³-hybridized carbons (Fsp3) is 0.444. The average Bonchev–Trinajstić information content (AvgIpc) is 3.07. The van der Waals surface area contributed by atoms with Crippen LogP contribution in [0.4, 0.5) is 0 Å². The first-order valence-corrected chi connectivity index (χ1v) is 8.30. The third kappa shape index (κ3) is 7.62. The quantitative estimate of drug-likeness (QED) is 0.647. The van der Waals surface area contributed by atoms with Crippen LogP contribution in [0.1, 0.15) is 43.2 Å². The van der Waals surface area contributed by atoms with Gasteiger partial charge < -0.3 is 11.1 Å². The van der Waals surface area contributed by atoms with Crippen molar-refractivity contribution in [2.45, 2.75) is 45.2 Å². The molecule has 0 saturated heterocycles. The highest BCUT2D eigenvalue weighted by Gasteiger charge is 2.02. The maximum atomic E-state index is 11.8. The molecule has 0 aliphatic rings. The van der Waals surface area contributed by atoms with Gasteiger partial charge in [0.2, 0.25) is 5.91 Å². The Morgan fingerprint density at radius 1 is 1.08 bits per heavy atom. The van der Waals surface area contributed by atoms with Crippen molar-refractivity contribution >= 4 is 18.3 Å². The van der Waals surface area contributed by atoms with E-state index in [1.165, 1.54) is 5.56 Å². The van der Waals surface area contributed by atoms with Crippen LogP contribution in [0.15, 0.2) is 42.7 Å². The molecule has 0 spiro atoms. The van der Waals surface area contributed by atoms with Gasteiger partial charge in [-0.2, -0.15) is 5.10 Å². The minimum atomic E-state index is 0. The van der Waals surface area contributed by atoms with Crippen molar-refractivity contribution in [2.75, 3.05) is 6.54 Å². The summed E-state index contributed by atoms with van der Waals surface area (Å²) in [6.45, 7) is 2.09. The van der Waals surface area contributed by atoms with Crippen LogP contribution in [0.25, 0.3) is 0 Å². The Balaban J connectivity index is 0.00000288. The lowest BCUT2D eigenvalue weighted by molar-refractivity contribution is -0.121. The molecule has 0 unspecified atom stereocenters. The van der Waals surface area contributed by atoms with Gasteiger partial charge in [-0.05, 0) is 36.6 Å². The van der Waals surface area contributed by atoms with E-state index in [0.717, 1.165) is 44.3 Å². The maximum Gasteiger partial charge on any atom is 0.220 e. The van der Waals surface area contributed by atoms with Crippen molar-refractivity contribution in [3.05, 3.63) is 53.9 Å². The molecule has 6 heteroatoms. The lowest BCUT2D eigenvalue weighted by Crippen LogP contribution is -2.22. The summed E-state index contributed by atoms with van der Waals surface area (Å²) < 4.78 is 1.89. The molecule has 0 aliphatic carbocycles. The van der Waals surface area contributed by atoms with Crippen molar-refractivity contribution < 1.29 is 4.79 Å². The van der Waals surface area contributed by atoms with Gasteiger partial charge in [0.15, 0.2) is 0 Å². The van der Waals surface area contributed by atoms with E-state index in [0.29, 0.717) is 13.0 Å². The van der Waals surface area contributed by atoms with Crippen molar-refractivity contribution in [3.63, 3.8) is 0 Å². The Morgan fingerprint density at radius 3 is 2.46 bits per heavy atom. The molecule has 1 heterocycles. The van der Waals surface area contributed by atoms with E-state index in [1.807, 2.05) is 16.9 Å². The lowest BCUT2D eigenvalue weighted by atomic mass is 10.1. The SMILES string of the molecule is Cl.NCCCCCCC(=O)NCc1ccc(Cn2cccn2)cc1. The third-order valence-corrected chi connectivity index (χ3v) is 3.77. The van der Waals surface area contributed by atoms with Crippen molar-refractivity contribution in [1.82, 2.24) is 15.1 Å². The first kappa shape index (κ1) is 20.2. The molecule has 5 nitrogen and oxygen atoms in total. The number of carbonyl (C=O) groups excluding carboxylic acids is 1.